The predicted octanol–water partition coefficient (Wildman–Crippen LogP) is 1.56. The van der Waals surface area contributed by atoms with Crippen molar-refractivity contribution >= 4 is 23.3 Å². The number of carbonyl (C=O) groups excluding carboxylic acids is 3. The first-order valence-corrected chi connectivity index (χ1v) is 6.59. The molecule has 2 unspecified atom stereocenters. The molecule has 0 N–H and O–H groups in total. The van der Waals surface area contributed by atoms with Gasteiger partial charge in [0.25, 0.3) is 5.91 Å². The summed E-state index contributed by atoms with van der Waals surface area (Å²) in [6.07, 6.45) is -0.701. The van der Waals surface area contributed by atoms with E-state index < -0.39 is 18.1 Å². The number of anilines is 1. The Kier molecular flexibility index (Phi) is 3.97. The summed E-state index contributed by atoms with van der Waals surface area (Å²) in [5.74, 6) is -0.546. The summed E-state index contributed by atoms with van der Waals surface area (Å²) in [5, 5.41) is 0. The summed E-state index contributed by atoms with van der Waals surface area (Å²) in [6.45, 7) is 4.62. The zero-order valence-corrected chi connectivity index (χ0v) is 12.4. The number of ether oxygens (including phenoxy) is 2. The maximum atomic E-state index is 12.3. The average molecular weight is 291 g/mol. The molecular formula is C15H17NO5. The molecule has 0 saturated carbocycles. The Hall–Kier alpha value is -2.37. The molecule has 1 aromatic rings. The number of methoxy groups -OCH3 is 1. The first-order valence-electron chi connectivity index (χ1n) is 6.59. The highest BCUT2D eigenvalue weighted by atomic mass is 16.5. The second-order valence-electron chi connectivity index (χ2n) is 4.91. The van der Waals surface area contributed by atoms with Crippen molar-refractivity contribution in [3.8, 4) is 5.75 Å². The molecule has 1 heterocycles. The molecule has 0 spiro atoms. The molecule has 2 atom stereocenters. The van der Waals surface area contributed by atoms with Crippen LogP contribution in [0.3, 0.4) is 0 Å². The van der Waals surface area contributed by atoms with E-state index in [0.29, 0.717) is 17.0 Å². The first-order chi connectivity index (χ1) is 9.86. The predicted molar refractivity (Wildman–Crippen MR) is 75.5 cm³/mol. The molecule has 1 aliphatic heterocycles. The van der Waals surface area contributed by atoms with Gasteiger partial charge in [-0.3, -0.25) is 14.5 Å². The van der Waals surface area contributed by atoms with Gasteiger partial charge in [-0.1, -0.05) is 0 Å². The SMILES string of the molecule is COC(=O)C(C)N1C(=O)C(C)Oc2ccc(C(C)=O)cc21. The van der Waals surface area contributed by atoms with Crippen LogP contribution in [-0.4, -0.2) is 36.9 Å². The molecule has 2 rings (SSSR count). The Balaban J connectivity index is 2.54. The lowest BCUT2D eigenvalue weighted by molar-refractivity contribution is -0.143. The number of hydrogen-bond donors (Lipinski definition) is 0. The largest absolute Gasteiger partial charge is 0.479 e. The van der Waals surface area contributed by atoms with E-state index in [0.717, 1.165) is 0 Å². The van der Waals surface area contributed by atoms with Crippen LogP contribution in [0.1, 0.15) is 31.1 Å². The Bertz CT molecular complexity index is 610. The van der Waals surface area contributed by atoms with Crippen molar-refractivity contribution in [2.24, 2.45) is 0 Å². The molecule has 21 heavy (non-hydrogen) atoms. The minimum atomic E-state index is -0.796. The standard InChI is InChI=1S/C15H17NO5/c1-8(15(19)20-4)16-12-7-11(9(2)17)5-6-13(12)21-10(3)14(16)18/h5-8,10H,1-4H3. The molecule has 112 valence electrons. The lowest BCUT2D eigenvalue weighted by atomic mass is 10.1. The van der Waals surface area contributed by atoms with E-state index in [-0.39, 0.29) is 11.7 Å². The van der Waals surface area contributed by atoms with Crippen LogP contribution < -0.4 is 9.64 Å². The second-order valence-corrected chi connectivity index (χ2v) is 4.91. The van der Waals surface area contributed by atoms with Crippen LogP contribution in [0, 0.1) is 0 Å². The van der Waals surface area contributed by atoms with E-state index in [1.54, 1.807) is 32.0 Å². The van der Waals surface area contributed by atoms with E-state index in [1.165, 1.54) is 18.9 Å². The van der Waals surface area contributed by atoms with Crippen molar-refractivity contribution in [2.75, 3.05) is 12.0 Å². The number of nitrogens with zero attached hydrogens (tertiary/aromatic N) is 1. The van der Waals surface area contributed by atoms with E-state index in [2.05, 4.69) is 0 Å². The molecule has 0 radical (unpaired) electrons. The number of esters is 1. The topological polar surface area (TPSA) is 72.9 Å². The molecule has 0 saturated heterocycles. The first kappa shape index (κ1) is 15.0. The molecule has 1 aliphatic rings. The van der Waals surface area contributed by atoms with Crippen molar-refractivity contribution in [1.82, 2.24) is 0 Å². The third-order valence-electron chi connectivity index (χ3n) is 3.44. The highest BCUT2D eigenvalue weighted by Crippen LogP contribution is 2.36. The smallest absolute Gasteiger partial charge is 0.328 e. The summed E-state index contributed by atoms with van der Waals surface area (Å²) >= 11 is 0. The van der Waals surface area contributed by atoms with Crippen LogP contribution in [0.25, 0.3) is 0 Å². The number of fused-ring (bicyclic) bond motifs is 1. The normalized spacial score (nSPS) is 18.6. The molecule has 6 nitrogen and oxygen atoms in total. The maximum absolute atomic E-state index is 12.3. The van der Waals surface area contributed by atoms with E-state index in [4.69, 9.17) is 9.47 Å². The third-order valence-corrected chi connectivity index (χ3v) is 3.44. The Morgan fingerprint density at radius 1 is 1.38 bits per heavy atom. The maximum Gasteiger partial charge on any atom is 0.328 e. The fourth-order valence-electron chi connectivity index (χ4n) is 2.26. The zero-order valence-electron chi connectivity index (χ0n) is 12.4. The number of amides is 1. The van der Waals surface area contributed by atoms with Crippen molar-refractivity contribution in [1.29, 1.82) is 0 Å². The summed E-state index contributed by atoms with van der Waals surface area (Å²) < 4.78 is 10.2. The van der Waals surface area contributed by atoms with Crippen LogP contribution in [0.2, 0.25) is 0 Å². The van der Waals surface area contributed by atoms with Crippen LogP contribution in [-0.2, 0) is 14.3 Å². The second kappa shape index (κ2) is 5.55. The number of hydrogen-bond acceptors (Lipinski definition) is 5. The number of Topliss-reactive ketones (excluding diaryl/α,β-unsaturated/α-hetero) is 1. The van der Waals surface area contributed by atoms with Gasteiger partial charge in [-0.05, 0) is 39.0 Å². The number of ketones is 1. The zero-order chi connectivity index (χ0) is 15.7. The average Bonchev–Trinajstić information content (AvgIpc) is 2.46. The number of rotatable bonds is 3. The number of carbonyl (C=O) groups is 3. The highest BCUT2D eigenvalue weighted by molar-refractivity contribution is 6.05. The van der Waals surface area contributed by atoms with Crippen molar-refractivity contribution in [3.05, 3.63) is 23.8 Å². The fraction of sp³-hybridized carbons (Fsp3) is 0.400. The van der Waals surface area contributed by atoms with Gasteiger partial charge < -0.3 is 9.47 Å². The van der Waals surface area contributed by atoms with Gasteiger partial charge >= 0.3 is 5.97 Å². The van der Waals surface area contributed by atoms with Gasteiger partial charge in [0.2, 0.25) is 0 Å². The van der Waals surface area contributed by atoms with Crippen LogP contribution in [0.15, 0.2) is 18.2 Å². The van der Waals surface area contributed by atoms with E-state index >= 15 is 0 Å². The summed E-state index contributed by atoms with van der Waals surface area (Å²) in [7, 11) is 1.26. The van der Waals surface area contributed by atoms with Crippen LogP contribution >= 0.6 is 0 Å². The van der Waals surface area contributed by atoms with Gasteiger partial charge in [0.05, 0.1) is 12.8 Å². The fourth-order valence-corrected chi connectivity index (χ4v) is 2.26. The molecule has 0 aliphatic carbocycles. The highest BCUT2D eigenvalue weighted by Gasteiger charge is 2.37. The van der Waals surface area contributed by atoms with Gasteiger partial charge in [0, 0.05) is 5.56 Å². The quantitative estimate of drug-likeness (QED) is 0.624. The lowest BCUT2D eigenvalue weighted by Gasteiger charge is -2.35. The van der Waals surface area contributed by atoms with Gasteiger partial charge in [0.1, 0.15) is 11.8 Å². The van der Waals surface area contributed by atoms with Crippen LogP contribution in [0.5, 0.6) is 5.75 Å². The van der Waals surface area contributed by atoms with Crippen molar-refractivity contribution in [2.45, 2.75) is 32.9 Å². The van der Waals surface area contributed by atoms with Gasteiger partial charge in [-0.25, -0.2) is 4.79 Å². The van der Waals surface area contributed by atoms with E-state index in [1.807, 2.05) is 0 Å². The molecule has 0 aromatic heterocycles. The van der Waals surface area contributed by atoms with Gasteiger partial charge in [0.15, 0.2) is 11.9 Å². The van der Waals surface area contributed by atoms with Crippen LogP contribution in [0.4, 0.5) is 5.69 Å². The molecular weight excluding hydrogens is 274 g/mol. The summed E-state index contributed by atoms with van der Waals surface area (Å²) in [4.78, 5) is 36.9. The minimum Gasteiger partial charge on any atom is -0.479 e. The lowest BCUT2D eigenvalue weighted by Crippen LogP contribution is -2.51. The monoisotopic (exact) mass is 291 g/mol. The Morgan fingerprint density at radius 2 is 2.05 bits per heavy atom. The molecule has 1 aromatic carbocycles. The van der Waals surface area contributed by atoms with Crippen molar-refractivity contribution in [3.63, 3.8) is 0 Å². The van der Waals surface area contributed by atoms with Gasteiger partial charge in [-0.15, -0.1) is 0 Å². The summed E-state index contributed by atoms with van der Waals surface area (Å²) in [6, 6.07) is 4.02. The summed E-state index contributed by atoms with van der Waals surface area (Å²) in [5.41, 5.74) is 0.852. The Morgan fingerprint density at radius 3 is 2.62 bits per heavy atom. The minimum absolute atomic E-state index is 0.130. The molecule has 0 bridgehead atoms. The number of benzene rings is 1. The molecule has 1 amide bonds. The van der Waals surface area contributed by atoms with E-state index in [9.17, 15) is 14.4 Å². The Labute approximate surface area is 122 Å². The van der Waals surface area contributed by atoms with Gasteiger partial charge in [-0.2, -0.15) is 0 Å². The van der Waals surface area contributed by atoms with Crippen molar-refractivity contribution < 1.29 is 23.9 Å². The third kappa shape index (κ3) is 2.61. The molecule has 0 fully saturated rings. The molecule has 6 heteroatoms.